The van der Waals surface area contributed by atoms with Gasteiger partial charge in [0, 0.05) is 18.9 Å². The predicted octanol–water partition coefficient (Wildman–Crippen LogP) is 2.55. The molecule has 7 nitrogen and oxygen atoms in total. The average Bonchev–Trinajstić information content (AvgIpc) is 3.24. The van der Waals surface area contributed by atoms with E-state index in [0.29, 0.717) is 12.2 Å². The minimum Gasteiger partial charge on any atom is -0.468 e. The summed E-state index contributed by atoms with van der Waals surface area (Å²) in [6.45, 7) is 4.22. The molecule has 3 aromatic heterocycles. The molecule has 3 aromatic rings. The number of carbonyl (C=O) groups excluding carboxylic acids is 1. The van der Waals surface area contributed by atoms with Gasteiger partial charge in [-0.1, -0.05) is 12.5 Å². The first-order valence-corrected chi connectivity index (χ1v) is 9.67. The maximum atomic E-state index is 12.7. The van der Waals surface area contributed by atoms with Gasteiger partial charge in [-0.25, -0.2) is 4.98 Å². The minimum absolute atomic E-state index is 0.0416. The Morgan fingerprint density at radius 1 is 1.25 bits per heavy atom. The second-order valence-electron chi connectivity index (χ2n) is 7.25. The Bertz CT molecular complexity index is 1020. The van der Waals surface area contributed by atoms with E-state index in [2.05, 4.69) is 15.2 Å². The zero-order valence-electron chi connectivity index (χ0n) is 15.9. The standard InChI is InChI=1S/C21H24N4O3/c1-15-7-8-19-22-12-16(21(27)25(19)14-15)20(26)23-13-17(18-6-5-11-28-18)24-9-3-2-4-10-24/h5-8,11-12,14,17H,2-4,9-10,13H2,1H3,(H,23,26). The molecule has 28 heavy (non-hydrogen) atoms. The van der Waals surface area contributed by atoms with Gasteiger partial charge in [-0.05, 0) is 56.6 Å². The lowest BCUT2D eigenvalue weighted by atomic mass is 10.1. The first kappa shape index (κ1) is 18.4. The molecule has 146 valence electrons. The fraction of sp³-hybridized carbons (Fsp3) is 0.381. The topological polar surface area (TPSA) is 79.8 Å². The van der Waals surface area contributed by atoms with Gasteiger partial charge in [-0.15, -0.1) is 0 Å². The first-order chi connectivity index (χ1) is 13.6. The van der Waals surface area contributed by atoms with Crippen LogP contribution in [-0.4, -0.2) is 39.8 Å². The minimum atomic E-state index is -0.415. The van der Waals surface area contributed by atoms with E-state index >= 15 is 0 Å². The number of aromatic nitrogens is 2. The van der Waals surface area contributed by atoms with E-state index in [1.54, 1.807) is 18.5 Å². The molecular formula is C21H24N4O3. The van der Waals surface area contributed by atoms with Crippen LogP contribution in [0.1, 0.15) is 47.0 Å². The fourth-order valence-corrected chi connectivity index (χ4v) is 3.74. The lowest BCUT2D eigenvalue weighted by Crippen LogP contribution is -2.41. The predicted molar refractivity (Wildman–Crippen MR) is 105 cm³/mol. The average molecular weight is 380 g/mol. The van der Waals surface area contributed by atoms with Gasteiger partial charge in [0.15, 0.2) is 0 Å². The third-order valence-electron chi connectivity index (χ3n) is 5.25. The molecule has 4 rings (SSSR count). The lowest BCUT2D eigenvalue weighted by Gasteiger charge is -2.33. The second kappa shape index (κ2) is 7.98. The second-order valence-corrected chi connectivity index (χ2v) is 7.25. The van der Waals surface area contributed by atoms with Gasteiger partial charge in [0.1, 0.15) is 17.0 Å². The van der Waals surface area contributed by atoms with Crippen molar-refractivity contribution in [2.45, 2.75) is 32.2 Å². The highest BCUT2D eigenvalue weighted by Crippen LogP contribution is 2.24. The smallest absolute Gasteiger partial charge is 0.270 e. The van der Waals surface area contributed by atoms with Crippen LogP contribution in [0.3, 0.4) is 0 Å². The Kier molecular flexibility index (Phi) is 5.25. The third-order valence-corrected chi connectivity index (χ3v) is 5.25. The molecule has 0 saturated carbocycles. The zero-order valence-corrected chi connectivity index (χ0v) is 15.9. The molecule has 0 radical (unpaired) electrons. The van der Waals surface area contributed by atoms with Crippen molar-refractivity contribution in [3.8, 4) is 0 Å². The number of hydrogen-bond acceptors (Lipinski definition) is 5. The van der Waals surface area contributed by atoms with E-state index in [9.17, 15) is 9.59 Å². The van der Waals surface area contributed by atoms with Crippen LogP contribution in [0.2, 0.25) is 0 Å². The van der Waals surface area contributed by atoms with Crippen molar-refractivity contribution in [3.05, 3.63) is 70.2 Å². The summed E-state index contributed by atoms with van der Waals surface area (Å²) in [7, 11) is 0. The Morgan fingerprint density at radius 2 is 2.07 bits per heavy atom. The lowest BCUT2D eigenvalue weighted by molar-refractivity contribution is 0.0912. The number of furan rings is 1. The fourth-order valence-electron chi connectivity index (χ4n) is 3.74. The van der Waals surface area contributed by atoms with Crippen LogP contribution in [0.5, 0.6) is 0 Å². The molecule has 0 aromatic carbocycles. The maximum absolute atomic E-state index is 12.7. The molecule has 1 aliphatic rings. The Hall–Kier alpha value is -2.93. The van der Waals surface area contributed by atoms with Crippen molar-refractivity contribution in [1.82, 2.24) is 19.6 Å². The molecule has 0 spiro atoms. The number of piperidine rings is 1. The van der Waals surface area contributed by atoms with Gasteiger partial charge >= 0.3 is 0 Å². The van der Waals surface area contributed by atoms with Gasteiger partial charge in [-0.3, -0.25) is 18.9 Å². The quantitative estimate of drug-likeness (QED) is 0.736. The van der Waals surface area contributed by atoms with Crippen LogP contribution in [0.25, 0.3) is 5.65 Å². The Morgan fingerprint density at radius 3 is 2.82 bits per heavy atom. The number of rotatable bonds is 5. The molecule has 1 aliphatic heterocycles. The van der Waals surface area contributed by atoms with Crippen LogP contribution in [0, 0.1) is 6.92 Å². The number of fused-ring (bicyclic) bond motifs is 1. The Labute approximate surface area is 163 Å². The van der Waals surface area contributed by atoms with E-state index in [1.165, 1.54) is 17.0 Å². The Balaban J connectivity index is 1.54. The maximum Gasteiger partial charge on any atom is 0.270 e. The summed E-state index contributed by atoms with van der Waals surface area (Å²) in [6, 6.07) is 7.39. The van der Waals surface area contributed by atoms with Gasteiger partial charge in [0.25, 0.3) is 11.5 Å². The van der Waals surface area contributed by atoms with E-state index in [1.807, 2.05) is 25.1 Å². The molecule has 4 heterocycles. The summed E-state index contributed by atoms with van der Waals surface area (Å²) in [5, 5.41) is 2.91. The first-order valence-electron chi connectivity index (χ1n) is 9.67. The monoisotopic (exact) mass is 380 g/mol. The highest BCUT2D eigenvalue weighted by molar-refractivity contribution is 5.93. The van der Waals surface area contributed by atoms with Crippen molar-refractivity contribution in [2.75, 3.05) is 19.6 Å². The number of hydrogen-bond donors (Lipinski definition) is 1. The van der Waals surface area contributed by atoms with Gasteiger partial charge in [0.05, 0.1) is 12.3 Å². The highest BCUT2D eigenvalue weighted by Gasteiger charge is 2.25. The van der Waals surface area contributed by atoms with Crippen molar-refractivity contribution in [3.63, 3.8) is 0 Å². The molecule has 1 saturated heterocycles. The molecule has 1 unspecified atom stereocenters. The summed E-state index contributed by atoms with van der Waals surface area (Å²) in [5.41, 5.74) is 1.13. The number of nitrogens with one attached hydrogen (secondary N) is 1. The van der Waals surface area contributed by atoms with Crippen LogP contribution in [0.4, 0.5) is 0 Å². The van der Waals surface area contributed by atoms with E-state index in [-0.39, 0.29) is 17.2 Å². The van der Waals surface area contributed by atoms with E-state index < -0.39 is 5.91 Å². The number of likely N-dealkylation sites (tertiary alicyclic amines) is 1. The highest BCUT2D eigenvalue weighted by atomic mass is 16.3. The summed E-state index contributed by atoms with van der Waals surface area (Å²) < 4.78 is 7.03. The summed E-state index contributed by atoms with van der Waals surface area (Å²) >= 11 is 0. The van der Waals surface area contributed by atoms with Crippen LogP contribution in [0.15, 0.2) is 52.1 Å². The molecule has 1 fully saturated rings. The van der Waals surface area contributed by atoms with Crippen molar-refractivity contribution >= 4 is 11.6 Å². The number of aryl methyl sites for hydroxylation is 1. The third kappa shape index (κ3) is 3.71. The van der Waals surface area contributed by atoms with Crippen LogP contribution >= 0.6 is 0 Å². The molecule has 7 heteroatoms. The van der Waals surface area contributed by atoms with E-state index in [4.69, 9.17) is 4.42 Å². The summed E-state index contributed by atoms with van der Waals surface area (Å²) in [6.07, 6.45) is 8.20. The van der Waals surface area contributed by atoms with Crippen molar-refractivity contribution in [1.29, 1.82) is 0 Å². The van der Waals surface area contributed by atoms with E-state index in [0.717, 1.165) is 37.3 Å². The van der Waals surface area contributed by atoms with Gasteiger partial charge in [-0.2, -0.15) is 0 Å². The SMILES string of the molecule is Cc1ccc2ncc(C(=O)NCC(c3ccco3)N3CCCCC3)c(=O)n2c1. The van der Waals surface area contributed by atoms with Crippen molar-refractivity contribution in [2.24, 2.45) is 0 Å². The summed E-state index contributed by atoms with van der Waals surface area (Å²) in [5.74, 6) is 0.410. The number of amides is 1. The van der Waals surface area contributed by atoms with Crippen molar-refractivity contribution < 1.29 is 9.21 Å². The van der Waals surface area contributed by atoms with Gasteiger partial charge < -0.3 is 9.73 Å². The number of pyridine rings is 1. The van der Waals surface area contributed by atoms with Gasteiger partial charge in [0.2, 0.25) is 0 Å². The number of carbonyl (C=O) groups is 1. The molecule has 0 bridgehead atoms. The largest absolute Gasteiger partial charge is 0.468 e. The molecular weight excluding hydrogens is 356 g/mol. The molecule has 0 aliphatic carbocycles. The molecule has 1 atom stereocenters. The normalized spacial score (nSPS) is 16.2. The zero-order chi connectivity index (χ0) is 19.5. The number of nitrogens with zero attached hydrogens (tertiary/aromatic N) is 3. The van der Waals surface area contributed by atoms with Crippen LogP contribution in [-0.2, 0) is 0 Å². The molecule has 1 N–H and O–H groups in total. The van der Waals surface area contributed by atoms with Crippen LogP contribution < -0.4 is 10.9 Å². The summed E-state index contributed by atoms with van der Waals surface area (Å²) in [4.78, 5) is 32.0. The molecule has 1 amide bonds.